The van der Waals surface area contributed by atoms with Crippen molar-refractivity contribution >= 4 is 23.4 Å². The number of carbonyl (C=O) groups is 2. The summed E-state index contributed by atoms with van der Waals surface area (Å²) in [5.41, 5.74) is 5.46. The van der Waals surface area contributed by atoms with Crippen LogP contribution in [0.5, 0.6) is 0 Å². The van der Waals surface area contributed by atoms with Crippen LogP contribution in [0.1, 0.15) is 70.6 Å². The van der Waals surface area contributed by atoms with Crippen LogP contribution < -0.4 is 5.73 Å². The van der Waals surface area contributed by atoms with Crippen molar-refractivity contribution in [3.8, 4) is 11.3 Å². The molecule has 1 unspecified atom stereocenters. The van der Waals surface area contributed by atoms with E-state index >= 15 is 0 Å². The highest BCUT2D eigenvalue weighted by molar-refractivity contribution is 6.31. The van der Waals surface area contributed by atoms with E-state index in [1.54, 1.807) is 23.4 Å². The molecule has 3 N–H and O–H groups in total. The highest BCUT2D eigenvalue weighted by Crippen LogP contribution is 2.37. The number of aromatic nitrogens is 2. The lowest BCUT2D eigenvalue weighted by molar-refractivity contribution is -0.137. The first-order chi connectivity index (χ1) is 14.2. The number of hydrogen-bond acceptors (Lipinski definition) is 4. The van der Waals surface area contributed by atoms with Crippen molar-refractivity contribution in [2.45, 2.75) is 66.7 Å². The van der Waals surface area contributed by atoms with Crippen molar-refractivity contribution in [1.29, 1.82) is 0 Å². The van der Waals surface area contributed by atoms with Crippen molar-refractivity contribution in [2.24, 2.45) is 11.1 Å². The molecule has 2 amide bonds. The molecular weight excluding hydrogens is 435 g/mol. The Kier molecular flexibility index (Phi) is 7.12. The average molecular weight is 467 g/mol. The van der Waals surface area contributed by atoms with Gasteiger partial charge in [0, 0.05) is 18.5 Å². The molecular formula is C23H32ClFN4O3. The molecule has 0 saturated carbocycles. The normalized spacial score (nSPS) is 16.4. The summed E-state index contributed by atoms with van der Waals surface area (Å²) in [6, 6.07) is 3.42. The van der Waals surface area contributed by atoms with Gasteiger partial charge in [0.2, 0.25) is 5.91 Å². The average Bonchev–Trinajstić information content (AvgIpc) is 3.00. The zero-order valence-corrected chi connectivity index (χ0v) is 19.1. The van der Waals surface area contributed by atoms with Gasteiger partial charge in [0.1, 0.15) is 11.5 Å². The minimum Gasteiger partial charge on any atom is -0.388 e. The van der Waals surface area contributed by atoms with Crippen LogP contribution in [0.3, 0.4) is 0 Å². The third-order valence-corrected chi connectivity index (χ3v) is 5.62. The topological polar surface area (TPSA) is 101 Å². The van der Waals surface area contributed by atoms with Crippen LogP contribution in [0.4, 0.5) is 4.39 Å². The maximum Gasteiger partial charge on any atom is 0.252 e. The predicted octanol–water partition coefficient (Wildman–Crippen LogP) is 4.17. The van der Waals surface area contributed by atoms with Crippen LogP contribution in [-0.2, 0) is 11.3 Å². The summed E-state index contributed by atoms with van der Waals surface area (Å²) >= 11 is 5.93. The molecule has 7 nitrogen and oxygen atoms in total. The van der Waals surface area contributed by atoms with Crippen molar-refractivity contribution in [2.75, 3.05) is 6.54 Å². The largest absolute Gasteiger partial charge is 0.388 e. The van der Waals surface area contributed by atoms with E-state index < -0.39 is 23.4 Å². The number of primary amides is 1. The molecule has 0 radical (unpaired) electrons. The van der Waals surface area contributed by atoms with E-state index in [0.29, 0.717) is 17.7 Å². The number of rotatable bonds is 4. The van der Waals surface area contributed by atoms with Gasteiger partial charge in [0.15, 0.2) is 0 Å². The number of halogens is 2. The van der Waals surface area contributed by atoms with Crippen LogP contribution in [-0.4, -0.2) is 43.7 Å². The number of benzene rings is 1. The molecule has 3 rings (SSSR count). The number of nitrogens with two attached hydrogens (primary N) is 1. The second-order valence-electron chi connectivity index (χ2n) is 9.79. The second kappa shape index (κ2) is 8.83. The minimum absolute atomic E-state index is 0. The molecule has 0 aliphatic carbocycles. The molecule has 0 bridgehead atoms. The number of hydrogen-bond donors (Lipinski definition) is 2. The van der Waals surface area contributed by atoms with Gasteiger partial charge in [-0.05, 0) is 37.5 Å². The zero-order valence-electron chi connectivity index (χ0n) is 18.4. The zero-order chi connectivity index (χ0) is 23.3. The van der Waals surface area contributed by atoms with E-state index in [1.807, 2.05) is 20.8 Å². The fraction of sp³-hybridized carbons (Fsp3) is 0.522. The number of carbonyl (C=O) groups excluding carboxylic acids is 2. The SMILES string of the molecule is C.CC(C)(C)CC(=O)N1Cc2c(C(N)=O)c(-c3ccc(F)c(Cl)c3)nn2C(C(C)(C)O)C1. The van der Waals surface area contributed by atoms with Gasteiger partial charge in [0.05, 0.1) is 34.5 Å². The molecule has 0 spiro atoms. The van der Waals surface area contributed by atoms with E-state index in [9.17, 15) is 19.1 Å². The summed E-state index contributed by atoms with van der Waals surface area (Å²) in [4.78, 5) is 27.0. The molecule has 1 aliphatic heterocycles. The Hall–Kier alpha value is -2.45. The van der Waals surface area contributed by atoms with E-state index in [-0.39, 0.29) is 48.1 Å². The van der Waals surface area contributed by atoms with Gasteiger partial charge < -0.3 is 15.7 Å². The van der Waals surface area contributed by atoms with E-state index in [1.165, 1.54) is 18.2 Å². The Balaban J connectivity index is 0.00000363. The van der Waals surface area contributed by atoms with Gasteiger partial charge in [-0.25, -0.2) is 4.39 Å². The third kappa shape index (κ3) is 5.13. The molecule has 1 aromatic heterocycles. The maximum absolute atomic E-state index is 13.7. The Labute approximate surface area is 193 Å². The third-order valence-electron chi connectivity index (χ3n) is 5.33. The van der Waals surface area contributed by atoms with Crippen molar-refractivity contribution in [3.05, 3.63) is 40.3 Å². The van der Waals surface area contributed by atoms with E-state index in [4.69, 9.17) is 17.3 Å². The van der Waals surface area contributed by atoms with E-state index in [0.717, 1.165) is 0 Å². The minimum atomic E-state index is -1.24. The lowest BCUT2D eigenvalue weighted by atomic mass is 9.90. The summed E-state index contributed by atoms with van der Waals surface area (Å²) in [5, 5.41) is 15.3. The number of fused-ring (bicyclic) bond motifs is 1. The highest BCUT2D eigenvalue weighted by atomic mass is 35.5. The fourth-order valence-corrected chi connectivity index (χ4v) is 3.97. The van der Waals surface area contributed by atoms with Crippen molar-refractivity contribution in [1.82, 2.24) is 14.7 Å². The lowest BCUT2D eigenvalue weighted by Crippen LogP contribution is -2.49. The van der Waals surface area contributed by atoms with Crippen LogP contribution in [0.15, 0.2) is 18.2 Å². The quantitative estimate of drug-likeness (QED) is 0.706. The number of nitrogens with zero attached hydrogens (tertiary/aromatic N) is 3. The Bertz CT molecular complexity index is 1040. The predicted molar refractivity (Wildman–Crippen MR) is 123 cm³/mol. The monoisotopic (exact) mass is 466 g/mol. The molecule has 32 heavy (non-hydrogen) atoms. The first-order valence-electron chi connectivity index (χ1n) is 10.1. The van der Waals surface area contributed by atoms with Crippen LogP contribution in [0.2, 0.25) is 5.02 Å². The molecule has 9 heteroatoms. The molecule has 2 heterocycles. The summed E-state index contributed by atoms with van der Waals surface area (Å²) in [6.07, 6.45) is 0.312. The number of aliphatic hydroxyl groups is 1. The Morgan fingerprint density at radius 3 is 2.41 bits per heavy atom. The number of amides is 2. The van der Waals surface area contributed by atoms with Gasteiger partial charge in [-0.1, -0.05) is 39.8 Å². The second-order valence-corrected chi connectivity index (χ2v) is 10.2. The van der Waals surface area contributed by atoms with Gasteiger partial charge in [0.25, 0.3) is 5.91 Å². The standard InChI is InChI=1S/C22H28ClFN4O3.CH4/c1-21(2,3)9-17(29)27-10-15-18(20(25)30)19(12-6-7-14(24)13(23)8-12)26-28(15)16(11-27)22(4,5)31;/h6-8,16,31H,9-11H2,1-5H3,(H2,25,30);1H4. The maximum atomic E-state index is 13.7. The van der Waals surface area contributed by atoms with Crippen LogP contribution >= 0.6 is 11.6 Å². The summed E-state index contributed by atoms with van der Waals surface area (Å²) in [7, 11) is 0. The van der Waals surface area contributed by atoms with Gasteiger partial charge in [-0.3, -0.25) is 14.3 Å². The molecule has 176 valence electrons. The lowest BCUT2D eigenvalue weighted by Gasteiger charge is -2.40. The van der Waals surface area contributed by atoms with E-state index in [2.05, 4.69) is 5.10 Å². The van der Waals surface area contributed by atoms with Crippen LogP contribution in [0, 0.1) is 11.2 Å². The smallest absolute Gasteiger partial charge is 0.252 e. The Morgan fingerprint density at radius 2 is 1.91 bits per heavy atom. The Morgan fingerprint density at radius 1 is 1.28 bits per heavy atom. The molecule has 2 aromatic rings. The molecule has 0 fully saturated rings. The molecule has 1 aliphatic rings. The van der Waals surface area contributed by atoms with Gasteiger partial charge in [-0.2, -0.15) is 5.10 Å². The highest BCUT2D eigenvalue weighted by Gasteiger charge is 2.41. The molecule has 1 aromatic carbocycles. The summed E-state index contributed by atoms with van der Waals surface area (Å²) < 4.78 is 15.2. The fourth-order valence-electron chi connectivity index (χ4n) is 3.79. The van der Waals surface area contributed by atoms with Crippen molar-refractivity contribution < 1.29 is 19.1 Å². The summed E-state index contributed by atoms with van der Waals surface area (Å²) in [6.45, 7) is 9.52. The van der Waals surface area contributed by atoms with Gasteiger partial charge in [-0.15, -0.1) is 0 Å². The molecule has 1 atom stereocenters. The van der Waals surface area contributed by atoms with Gasteiger partial charge >= 0.3 is 0 Å². The van der Waals surface area contributed by atoms with Crippen LogP contribution in [0.25, 0.3) is 11.3 Å². The first-order valence-corrected chi connectivity index (χ1v) is 10.4. The summed E-state index contributed by atoms with van der Waals surface area (Å²) in [5.74, 6) is -1.41. The molecule has 0 saturated heterocycles. The first kappa shape index (κ1) is 25.8. The van der Waals surface area contributed by atoms with Crippen molar-refractivity contribution in [3.63, 3.8) is 0 Å².